The molecule has 0 radical (unpaired) electrons. The molecule has 150 valence electrons. The van der Waals surface area contributed by atoms with Gasteiger partial charge >= 0.3 is 0 Å². The summed E-state index contributed by atoms with van der Waals surface area (Å²) in [5.41, 5.74) is -0.395. The van der Waals surface area contributed by atoms with E-state index in [9.17, 15) is 23.3 Å². The van der Waals surface area contributed by atoms with Crippen LogP contribution in [0.5, 0.6) is 5.75 Å². The fourth-order valence-corrected chi connectivity index (χ4v) is 3.64. The number of ether oxygens (including phenoxy) is 1. The van der Waals surface area contributed by atoms with Gasteiger partial charge in [-0.3, -0.25) is 19.2 Å². The van der Waals surface area contributed by atoms with E-state index in [1.165, 1.54) is 25.3 Å². The smallest absolute Gasteiger partial charge is 0.271 e. The highest BCUT2D eigenvalue weighted by Gasteiger charge is 2.26. The summed E-state index contributed by atoms with van der Waals surface area (Å²) in [7, 11) is -2.72. The molecule has 0 heterocycles. The summed E-state index contributed by atoms with van der Waals surface area (Å²) in [4.78, 5) is 22.8. The van der Waals surface area contributed by atoms with Crippen LogP contribution in [0.25, 0.3) is 0 Å². The van der Waals surface area contributed by atoms with Crippen molar-refractivity contribution < 1.29 is 22.9 Å². The first-order valence-corrected chi connectivity index (χ1v) is 10.2. The zero-order chi connectivity index (χ0) is 21.1. The average Bonchev–Trinajstić information content (AvgIpc) is 2.61. The van der Waals surface area contributed by atoms with Crippen LogP contribution in [0, 0.1) is 10.1 Å². The molecule has 0 atom stereocenters. The van der Waals surface area contributed by atoms with E-state index in [-0.39, 0.29) is 32.9 Å². The van der Waals surface area contributed by atoms with Gasteiger partial charge in [-0.25, -0.2) is 8.42 Å². The van der Waals surface area contributed by atoms with Gasteiger partial charge in [0.05, 0.1) is 34.0 Å². The van der Waals surface area contributed by atoms with Crippen molar-refractivity contribution in [3.05, 3.63) is 56.6 Å². The van der Waals surface area contributed by atoms with E-state index in [1.807, 2.05) is 0 Å². The molecule has 1 N–H and O–H groups in total. The van der Waals surface area contributed by atoms with E-state index in [0.29, 0.717) is 4.31 Å². The van der Waals surface area contributed by atoms with Gasteiger partial charge in [-0.15, -0.1) is 0 Å². The van der Waals surface area contributed by atoms with Gasteiger partial charge in [0.1, 0.15) is 18.0 Å². The first-order valence-electron chi connectivity index (χ1n) is 7.58. The van der Waals surface area contributed by atoms with Crippen molar-refractivity contribution in [2.45, 2.75) is 0 Å². The number of nitrogens with one attached hydrogen (secondary N) is 1. The number of hydrogen-bond donors (Lipinski definition) is 1. The standard InChI is InChI=1S/C16H15Cl2N3O6S/c1-27-14-7-6-10(21(23)24)8-13(14)20(28(2,25)26)9-15(22)19-16-11(17)4-3-5-12(16)18/h3-8H,9H2,1-2H3,(H,19,22). The second kappa shape index (κ2) is 8.63. The maximum absolute atomic E-state index is 12.5. The Morgan fingerprint density at radius 3 is 2.36 bits per heavy atom. The van der Waals surface area contributed by atoms with Crippen LogP contribution in [0.2, 0.25) is 10.0 Å². The van der Waals surface area contributed by atoms with E-state index in [0.717, 1.165) is 18.4 Å². The molecule has 0 unspecified atom stereocenters. The number of carbonyl (C=O) groups is 1. The molecule has 2 aromatic rings. The highest BCUT2D eigenvalue weighted by atomic mass is 35.5. The molecule has 0 aromatic heterocycles. The molecule has 0 bridgehead atoms. The lowest BCUT2D eigenvalue weighted by Crippen LogP contribution is -2.37. The normalized spacial score (nSPS) is 11.0. The summed E-state index contributed by atoms with van der Waals surface area (Å²) < 4.78 is 30.3. The van der Waals surface area contributed by atoms with Gasteiger partial charge in [-0.2, -0.15) is 0 Å². The van der Waals surface area contributed by atoms with Crippen LogP contribution in [0.3, 0.4) is 0 Å². The molecule has 0 saturated carbocycles. The number of halogens is 2. The van der Waals surface area contributed by atoms with Gasteiger partial charge in [0.25, 0.3) is 5.69 Å². The van der Waals surface area contributed by atoms with Crippen molar-refractivity contribution >= 4 is 56.2 Å². The van der Waals surface area contributed by atoms with Crippen LogP contribution in [0.1, 0.15) is 0 Å². The SMILES string of the molecule is COc1ccc([N+](=O)[O-])cc1N(CC(=O)Nc1c(Cl)cccc1Cl)S(C)(=O)=O. The van der Waals surface area contributed by atoms with Crippen molar-refractivity contribution in [3.63, 3.8) is 0 Å². The van der Waals surface area contributed by atoms with Gasteiger partial charge in [0.2, 0.25) is 15.9 Å². The van der Waals surface area contributed by atoms with Crippen molar-refractivity contribution in [3.8, 4) is 5.75 Å². The van der Waals surface area contributed by atoms with Crippen LogP contribution < -0.4 is 14.4 Å². The predicted octanol–water partition coefficient (Wildman–Crippen LogP) is 3.31. The van der Waals surface area contributed by atoms with Gasteiger partial charge in [-0.1, -0.05) is 29.3 Å². The lowest BCUT2D eigenvalue weighted by molar-refractivity contribution is -0.384. The molecule has 0 fully saturated rings. The van der Waals surface area contributed by atoms with Crippen LogP contribution in [0.15, 0.2) is 36.4 Å². The van der Waals surface area contributed by atoms with E-state index in [2.05, 4.69) is 5.32 Å². The Morgan fingerprint density at radius 1 is 1.25 bits per heavy atom. The Balaban J connectivity index is 2.42. The predicted molar refractivity (Wildman–Crippen MR) is 107 cm³/mol. The third kappa shape index (κ3) is 5.03. The summed E-state index contributed by atoms with van der Waals surface area (Å²) in [5.74, 6) is -0.714. The van der Waals surface area contributed by atoms with E-state index in [4.69, 9.17) is 27.9 Å². The molecule has 0 aliphatic carbocycles. The number of nitrogens with zero attached hydrogens (tertiary/aromatic N) is 2. The zero-order valence-corrected chi connectivity index (χ0v) is 17.0. The molecule has 2 aromatic carbocycles. The minimum absolute atomic E-state index is 0.0413. The van der Waals surface area contributed by atoms with E-state index >= 15 is 0 Å². The van der Waals surface area contributed by atoms with Crippen molar-refractivity contribution in [2.75, 3.05) is 29.5 Å². The van der Waals surface area contributed by atoms with Gasteiger partial charge < -0.3 is 10.1 Å². The second-order valence-electron chi connectivity index (χ2n) is 5.53. The number of para-hydroxylation sites is 1. The van der Waals surface area contributed by atoms with Crippen LogP contribution in [-0.4, -0.2) is 39.2 Å². The van der Waals surface area contributed by atoms with Crippen molar-refractivity contribution in [1.29, 1.82) is 0 Å². The second-order valence-corrected chi connectivity index (χ2v) is 8.25. The number of hydrogen-bond acceptors (Lipinski definition) is 6. The number of rotatable bonds is 7. The van der Waals surface area contributed by atoms with E-state index in [1.54, 1.807) is 6.07 Å². The van der Waals surface area contributed by atoms with Crippen LogP contribution in [0.4, 0.5) is 17.1 Å². The number of carbonyl (C=O) groups excluding carboxylic acids is 1. The summed E-state index contributed by atoms with van der Waals surface area (Å²) in [6, 6.07) is 8.00. The topological polar surface area (TPSA) is 119 Å². The first kappa shape index (κ1) is 21.7. The number of amides is 1. The Labute approximate surface area is 171 Å². The largest absolute Gasteiger partial charge is 0.495 e. The molecule has 0 saturated heterocycles. The Bertz CT molecular complexity index is 1010. The molecule has 2 rings (SSSR count). The third-order valence-electron chi connectivity index (χ3n) is 3.56. The number of sulfonamides is 1. The van der Waals surface area contributed by atoms with Crippen molar-refractivity contribution in [1.82, 2.24) is 0 Å². The number of non-ortho nitro benzene ring substituents is 1. The molecule has 12 heteroatoms. The monoisotopic (exact) mass is 447 g/mol. The maximum atomic E-state index is 12.5. The molecule has 0 spiro atoms. The highest BCUT2D eigenvalue weighted by Crippen LogP contribution is 2.34. The third-order valence-corrected chi connectivity index (χ3v) is 5.31. The number of nitro benzene ring substituents is 1. The van der Waals surface area contributed by atoms with E-state index < -0.39 is 27.4 Å². The Kier molecular flexibility index (Phi) is 6.70. The summed E-state index contributed by atoms with van der Waals surface area (Å²) in [5, 5.41) is 13.8. The fraction of sp³-hybridized carbons (Fsp3) is 0.188. The first-order chi connectivity index (χ1) is 13.0. The highest BCUT2D eigenvalue weighted by molar-refractivity contribution is 7.92. The van der Waals surface area contributed by atoms with Gasteiger partial charge in [-0.05, 0) is 18.2 Å². The molecule has 0 aliphatic heterocycles. The Morgan fingerprint density at radius 2 is 1.86 bits per heavy atom. The number of benzene rings is 2. The number of anilines is 2. The summed E-state index contributed by atoms with van der Waals surface area (Å²) >= 11 is 12.0. The summed E-state index contributed by atoms with van der Waals surface area (Å²) in [6.45, 7) is -0.683. The average molecular weight is 448 g/mol. The minimum Gasteiger partial charge on any atom is -0.495 e. The molecular weight excluding hydrogens is 433 g/mol. The van der Waals surface area contributed by atoms with Crippen LogP contribution >= 0.6 is 23.2 Å². The van der Waals surface area contributed by atoms with Gasteiger partial charge in [0.15, 0.2) is 0 Å². The van der Waals surface area contributed by atoms with Crippen molar-refractivity contribution in [2.24, 2.45) is 0 Å². The molecule has 9 nitrogen and oxygen atoms in total. The number of methoxy groups -OCH3 is 1. The lowest BCUT2D eigenvalue weighted by Gasteiger charge is -2.23. The van der Waals surface area contributed by atoms with Crippen LogP contribution in [-0.2, 0) is 14.8 Å². The zero-order valence-electron chi connectivity index (χ0n) is 14.7. The Hall–Kier alpha value is -2.56. The molecule has 28 heavy (non-hydrogen) atoms. The summed E-state index contributed by atoms with van der Waals surface area (Å²) in [6.07, 6.45) is 0.862. The lowest BCUT2D eigenvalue weighted by atomic mass is 10.2. The molecule has 1 amide bonds. The maximum Gasteiger partial charge on any atom is 0.271 e. The number of nitro groups is 1. The quantitative estimate of drug-likeness (QED) is 0.513. The molecule has 0 aliphatic rings. The minimum atomic E-state index is -4.00. The fourth-order valence-electron chi connectivity index (χ4n) is 2.29. The molecular formula is C16H15Cl2N3O6S. The van der Waals surface area contributed by atoms with Gasteiger partial charge in [0, 0.05) is 12.1 Å².